The molecule has 0 aromatic heterocycles. The quantitative estimate of drug-likeness (QED) is 0.557. The number of guanidine groups is 1. The third-order valence-electron chi connectivity index (χ3n) is 2.37. The number of aliphatic imine (C=N–C) groups is 1. The minimum Gasteiger partial charge on any atom is -0.453 e. The van der Waals surface area contributed by atoms with Crippen molar-refractivity contribution in [1.82, 2.24) is 5.32 Å². The van der Waals surface area contributed by atoms with E-state index in [-0.39, 0.29) is 0 Å². The number of hydrogen-bond donors (Lipinski definition) is 3. The summed E-state index contributed by atoms with van der Waals surface area (Å²) >= 11 is 0. The van der Waals surface area contributed by atoms with Gasteiger partial charge in [0.25, 0.3) is 0 Å². The Morgan fingerprint density at radius 1 is 1.37 bits per heavy atom. The van der Waals surface area contributed by atoms with Crippen LogP contribution >= 0.6 is 0 Å². The minimum atomic E-state index is -0.487. The number of nitrogens with zero attached hydrogens (tertiary/aromatic N) is 1. The van der Waals surface area contributed by atoms with E-state index < -0.39 is 6.09 Å². The zero-order valence-corrected chi connectivity index (χ0v) is 11.3. The smallest absolute Gasteiger partial charge is 0.411 e. The van der Waals surface area contributed by atoms with E-state index in [9.17, 15) is 4.79 Å². The molecule has 0 saturated heterocycles. The summed E-state index contributed by atoms with van der Waals surface area (Å²) in [7, 11) is 1.32. The molecule has 4 N–H and O–H groups in total. The number of amides is 1. The van der Waals surface area contributed by atoms with Gasteiger partial charge in [-0.05, 0) is 24.1 Å². The maximum atomic E-state index is 11.0. The van der Waals surface area contributed by atoms with Gasteiger partial charge in [-0.2, -0.15) is 0 Å². The summed E-state index contributed by atoms with van der Waals surface area (Å²) in [5, 5.41) is 5.58. The summed E-state index contributed by atoms with van der Waals surface area (Å²) in [5.41, 5.74) is 7.38. The van der Waals surface area contributed by atoms with Crippen molar-refractivity contribution in [3.8, 4) is 0 Å². The maximum absolute atomic E-state index is 11.0. The van der Waals surface area contributed by atoms with Crippen LogP contribution in [0.4, 0.5) is 10.5 Å². The molecule has 0 heterocycles. The third kappa shape index (κ3) is 5.76. The summed E-state index contributed by atoms with van der Waals surface area (Å²) in [4.78, 5) is 15.2. The molecule has 0 spiro atoms. The lowest BCUT2D eigenvalue weighted by molar-refractivity contribution is 0.187. The van der Waals surface area contributed by atoms with Crippen molar-refractivity contribution in [2.75, 3.05) is 19.0 Å². The maximum Gasteiger partial charge on any atom is 0.411 e. The van der Waals surface area contributed by atoms with Gasteiger partial charge in [-0.15, -0.1) is 0 Å². The molecule has 0 aliphatic rings. The van der Waals surface area contributed by atoms with Crippen LogP contribution in [0.2, 0.25) is 0 Å². The molecule has 0 bridgehead atoms. The summed E-state index contributed by atoms with van der Waals surface area (Å²) in [6.45, 7) is 3.38. The summed E-state index contributed by atoms with van der Waals surface area (Å²) in [5.74, 6) is 0.443. The molecule has 0 aliphatic carbocycles. The molecule has 0 atom stereocenters. The molecule has 0 radical (unpaired) electrons. The van der Waals surface area contributed by atoms with Crippen molar-refractivity contribution in [3.05, 3.63) is 29.8 Å². The van der Waals surface area contributed by atoms with Gasteiger partial charge >= 0.3 is 6.09 Å². The molecule has 0 aliphatic heterocycles. The topological polar surface area (TPSA) is 88.7 Å². The first-order chi connectivity index (χ1) is 9.15. The Morgan fingerprint density at radius 3 is 2.63 bits per heavy atom. The van der Waals surface area contributed by atoms with Gasteiger partial charge < -0.3 is 15.8 Å². The highest BCUT2D eigenvalue weighted by molar-refractivity contribution is 5.84. The number of carbonyl (C=O) groups is 1. The van der Waals surface area contributed by atoms with Crippen molar-refractivity contribution >= 4 is 17.7 Å². The number of hydrogen-bond acceptors (Lipinski definition) is 3. The van der Waals surface area contributed by atoms with Crippen molar-refractivity contribution in [2.24, 2.45) is 10.7 Å². The summed E-state index contributed by atoms with van der Waals surface area (Å²) in [6, 6.07) is 7.33. The molecule has 0 fully saturated rings. The van der Waals surface area contributed by atoms with Crippen LogP contribution in [0, 0.1) is 0 Å². The molecule has 0 saturated carbocycles. The van der Waals surface area contributed by atoms with Crippen molar-refractivity contribution < 1.29 is 9.53 Å². The number of carbonyl (C=O) groups excluding carboxylic acids is 1. The second-order valence-electron chi connectivity index (χ2n) is 3.94. The fraction of sp³-hybridized carbons (Fsp3) is 0.385. The van der Waals surface area contributed by atoms with Gasteiger partial charge in [0.15, 0.2) is 5.96 Å². The monoisotopic (exact) mass is 264 g/mol. The van der Waals surface area contributed by atoms with E-state index in [1.54, 1.807) is 12.1 Å². The Hall–Kier alpha value is -2.24. The summed E-state index contributed by atoms with van der Waals surface area (Å²) < 4.78 is 4.50. The second-order valence-corrected chi connectivity index (χ2v) is 3.94. The van der Waals surface area contributed by atoms with Crippen LogP contribution in [-0.2, 0) is 11.3 Å². The first-order valence-electron chi connectivity index (χ1n) is 6.13. The average Bonchev–Trinajstić information content (AvgIpc) is 2.44. The molecule has 6 heteroatoms. The van der Waals surface area contributed by atoms with Gasteiger partial charge in [-0.1, -0.05) is 19.1 Å². The van der Waals surface area contributed by atoms with Crippen LogP contribution in [0.25, 0.3) is 0 Å². The van der Waals surface area contributed by atoms with Gasteiger partial charge in [-0.3, -0.25) is 5.32 Å². The Labute approximate surface area is 113 Å². The number of ether oxygens (including phenoxy) is 1. The molecule has 1 aromatic rings. The molecule has 1 amide bonds. The zero-order chi connectivity index (χ0) is 14.1. The second kappa shape index (κ2) is 7.97. The van der Waals surface area contributed by atoms with Crippen LogP contribution in [0.3, 0.4) is 0 Å². The zero-order valence-electron chi connectivity index (χ0n) is 11.3. The molecule has 1 rings (SSSR count). The van der Waals surface area contributed by atoms with Gasteiger partial charge in [0, 0.05) is 12.2 Å². The van der Waals surface area contributed by atoms with Crippen molar-refractivity contribution in [1.29, 1.82) is 0 Å². The number of rotatable bonds is 5. The van der Waals surface area contributed by atoms with Gasteiger partial charge in [0.1, 0.15) is 0 Å². The highest BCUT2D eigenvalue weighted by Gasteiger charge is 2.00. The van der Waals surface area contributed by atoms with E-state index >= 15 is 0 Å². The predicted octanol–water partition coefficient (Wildman–Crippen LogP) is 1.68. The van der Waals surface area contributed by atoms with E-state index in [1.807, 2.05) is 12.1 Å². The lowest BCUT2D eigenvalue weighted by Crippen LogP contribution is -2.32. The molecular weight excluding hydrogens is 244 g/mol. The van der Waals surface area contributed by atoms with Crippen LogP contribution in [0.1, 0.15) is 18.9 Å². The standard InChI is InChI=1S/C13H20N4O2/c1-3-8-15-12(14)16-9-10-4-6-11(7-5-10)17-13(18)19-2/h4-7H,3,8-9H2,1-2H3,(H,17,18)(H3,14,15,16). The Morgan fingerprint density at radius 2 is 2.05 bits per heavy atom. The van der Waals surface area contributed by atoms with Crippen LogP contribution in [0.15, 0.2) is 29.3 Å². The van der Waals surface area contributed by atoms with E-state index in [0.29, 0.717) is 18.2 Å². The predicted molar refractivity (Wildman–Crippen MR) is 76.1 cm³/mol. The van der Waals surface area contributed by atoms with E-state index in [1.165, 1.54) is 7.11 Å². The van der Waals surface area contributed by atoms with E-state index in [2.05, 4.69) is 27.3 Å². The lowest BCUT2D eigenvalue weighted by Gasteiger charge is -2.05. The van der Waals surface area contributed by atoms with Gasteiger partial charge in [-0.25, -0.2) is 9.79 Å². The molecule has 0 unspecified atom stereocenters. The van der Waals surface area contributed by atoms with E-state index in [4.69, 9.17) is 5.73 Å². The molecular formula is C13H20N4O2. The van der Waals surface area contributed by atoms with E-state index in [0.717, 1.165) is 18.5 Å². The largest absolute Gasteiger partial charge is 0.453 e. The number of nitrogens with one attached hydrogen (secondary N) is 2. The van der Waals surface area contributed by atoms with Crippen LogP contribution in [0.5, 0.6) is 0 Å². The third-order valence-corrected chi connectivity index (χ3v) is 2.37. The molecule has 1 aromatic carbocycles. The number of benzene rings is 1. The highest BCUT2D eigenvalue weighted by atomic mass is 16.5. The van der Waals surface area contributed by atoms with Crippen molar-refractivity contribution in [3.63, 3.8) is 0 Å². The fourth-order valence-electron chi connectivity index (χ4n) is 1.35. The average molecular weight is 264 g/mol. The lowest BCUT2D eigenvalue weighted by atomic mass is 10.2. The Kier molecular flexibility index (Phi) is 6.21. The van der Waals surface area contributed by atoms with Crippen LogP contribution < -0.4 is 16.4 Å². The van der Waals surface area contributed by atoms with Gasteiger partial charge in [0.2, 0.25) is 0 Å². The fourth-order valence-corrected chi connectivity index (χ4v) is 1.35. The first kappa shape index (κ1) is 14.8. The highest BCUT2D eigenvalue weighted by Crippen LogP contribution is 2.10. The molecule has 19 heavy (non-hydrogen) atoms. The number of nitrogens with two attached hydrogens (primary N) is 1. The summed E-state index contributed by atoms with van der Waals surface area (Å²) in [6.07, 6.45) is 0.517. The molecule has 104 valence electrons. The Bertz CT molecular complexity index is 429. The van der Waals surface area contributed by atoms with Crippen molar-refractivity contribution in [2.45, 2.75) is 19.9 Å². The number of methoxy groups -OCH3 is 1. The Balaban J connectivity index is 2.50. The van der Waals surface area contributed by atoms with Crippen LogP contribution in [-0.4, -0.2) is 25.7 Å². The van der Waals surface area contributed by atoms with Gasteiger partial charge in [0.05, 0.1) is 13.7 Å². The number of anilines is 1. The SMILES string of the molecule is CCCNC(N)=NCc1ccc(NC(=O)OC)cc1. The first-order valence-corrected chi connectivity index (χ1v) is 6.13. The normalized spacial score (nSPS) is 10.9. The molecule has 6 nitrogen and oxygen atoms in total. The minimum absolute atomic E-state index is 0.443.